The van der Waals surface area contributed by atoms with Crippen molar-refractivity contribution in [1.82, 2.24) is 10.3 Å². The Kier molecular flexibility index (Phi) is 4.34. The van der Waals surface area contributed by atoms with E-state index in [1.807, 2.05) is 0 Å². The van der Waals surface area contributed by atoms with Crippen molar-refractivity contribution in [2.75, 3.05) is 19.8 Å². The number of amides is 1. The van der Waals surface area contributed by atoms with Crippen LogP contribution in [-0.2, 0) is 14.3 Å². The fourth-order valence-electron chi connectivity index (χ4n) is 2.34. The molecule has 7 nitrogen and oxygen atoms in total. The van der Waals surface area contributed by atoms with Gasteiger partial charge < -0.3 is 19.2 Å². The minimum absolute atomic E-state index is 0.0588. The van der Waals surface area contributed by atoms with Crippen molar-refractivity contribution in [3.05, 3.63) is 30.2 Å². The summed E-state index contributed by atoms with van der Waals surface area (Å²) in [7, 11) is 0. The van der Waals surface area contributed by atoms with Crippen LogP contribution in [-0.4, -0.2) is 42.7 Å². The van der Waals surface area contributed by atoms with E-state index in [4.69, 9.17) is 13.9 Å². The molecule has 0 saturated carbocycles. The first-order chi connectivity index (χ1) is 10.7. The van der Waals surface area contributed by atoms with Gasteiger partial charge in [0, 0.05) is 13.2 Å². The Morgan fingerprint density at radius 1 is 1.41 bits per heavy atom. The molecule has 0 aliphatic carbocycles. The summed E-state index contributed by atoms with van der Waals surface area (Å²) >= 11 is 0. The van der Waals surface area contributed by atoms with Crippen molar-refractivity contribution < 1.29 is 23.5 Å². The van der Waals surface area contributed by atoms with E-state index in [1.165, 1.54) is 6.39 Å². The number of carbonyl (C=O) groups is 2. The maximum absolute atomic E-state index is 12.0. The van der Waals surface area contributed by atoms with E-state index in [0.29, 0.717) is 17.6 Å². The Bertz CT molecular complexity index is 675. The highest BCUT2D eigenvalue weighted by Gasteiger charge is 2.18. The summed E-state index contributed by atoms with van der Waals surface area (Å²) < 4.78 is 15.5. The zero-order valence-corrected chi connectivity index (χ0v) is 11.9. The molecule has 22 heavy (non-hydrogen) atoms. The molecule has 1 aromatic carbocycles. The van der Waals surface area contributed by atoms with E-state index in [-0.39, 0.29) is 24.2 Å². The largest absolute Gasteiger partial charge is 0.452 e. The monoisotopic (exact) mass is 304 g/mol. The third-order valence-electron chi connectivity index (χ3n) is 3.47. The van der Waals surface area contributed by atoms with Gasteiger partial charge >= 0.3 is 5.97 Å². The third kappa shape index (κ3) is 3.25. The average Bonchev–Trinajstić information content (AvgIpc) is 3.20. The minimum atomic E-state index is -0.605. The SMILES string of the molecule is O=C(COC(=O)c1cccc2ocnc12)NCC1CCCO1. The van der Waals surface area contributed by atoms with Crippen LogP contribution in [0.5, 0.6) is 0 Å². The molecule has 1 N–H and O–H groups in total. The van der Waals surface area contributed by atoms with Crippen LogP contribution in [0.25, 0.3) is 11.1 Å². The normalized spacial score (nSPS) is 17.5. The van der Waals surface area contributed by atoms with E-state index < -0.39 is 5.97 Å². The first-order valence-electron chi connectivity index (χ1n) is 7.11. The van der Waals surface area contributed by atoms with Crippen molar-refractivity contribution in [3.8, 4) is 0 Å². The number of ether oxygens (including phenoxy) is 2. The lowest BCUT2D eigenvalue weighted by Crippen LogP contribution is -2.34. The molecule has 1 fully saturated rings. The van der Waals surface area contributed by atoms with Gasteiger partial charge in [0.05, 0.1) is 11.7 Å². The van der Waals surface area contributed by atoms with E-state index in [0.717, 1.165) is 19.4 Å². The average molecular weight is 304 g/mol. The summed E-state index contributed by atoms with van der Waals surface area (Å²) in [4.78, 5) is 27.7. The maximum Gasteiger partial charge on any atom is 0.340 e. The van der Waals surface area contributed by atoms with Crippen LogP contribution >= 0.6 is 0 Å². The van der Waals surface area contributed by atoms with Gasteiger partial charge in [-0.25, -0.2) is 9.78 Å². The highest BCUT2D eigenvalue weighted by Crippen LogP contribution is 2.17. The molecule has 7 heteroatoms. The van der Waals surface area contributed by atoms with E-state index in [1.54, 1.807) is 18.2 Å². The van der Waals surface area contributed by atoms with Gasteiger partial charge in [0.2, 0.25) is 0 Å². The summed E-state index contributed by atoms with van der Waals surface area (Å²) in [6.45, 7) is 0.840. The van der Waals surface area contributed by atoms with Gasteiger partial charge in [-0.3, -0.25) is 4.79 Å². The van der Waals surface area contributed by atoms with Gasteiger partial charge in [-0.05, 0) is 25.0 Å². The Morgan fingerprint density at radius 2 is 2.32 bits per heavy atom. The van der Waals surface area contributed by atoms with Crippen LogP contribution in [0.1, 0.15) is 23.2 Å². The van der Waals surface area contributed by atoms with Crippen molar-refractivity contribution in [3.63, 3.8) is 0 Å². The van der Waals surface area contributed by atoms with Crippen LogP contribution in [0, 0.1) is 0 Å². The number of benzene rings is 1. The predicted molar refractivity (Wildman–Crippen MR) is 76.3 cm³/mol. The Balaban J connectivity index is 1.51. The second-order valence-corrected chi connectivity index (χ2v) is 5.02. The number of nitrogens with zero attached hydrogens (tertiary/aromatic N) is 1. The standard InChI is InChI=1S/C15H16N2O5/c18-13(16-7-10-3-2-6-20-10)8-21-15(19)11-4-1-5-12-14(11)17-9-22-12/h1,4-5,9-10H,2-3,6-8H2,(H,16,18). The fourth-order valence-corrected chi connectivity index (χ4v) is 2.34. The van der Waals surface area contributed by atoms with Crippen molar-refractivity contribution in [2.45, 2.75) is 18.9 Å². The molecule has 1 aliphatic rings. The third-order valence-corrected chi connectivity index (χ3v) is 3.47. The molecule has 0 spiro atoms. The highest BCUT2D eigenvalue weighted by molar-refractivity contribution is 6.01. The van der Waals surface area contributed by atoms with Gasteiger partial charge in [-0.2, -0.15) is 0 Å². The van der Waals surface area contributed by atoms with Crippen LogP contribution in [0.3, 0.4) is 0 Å². The molecule has 1 amide bonds. The number of oxazole rings is 1. The van der Waals surface area contributed by atoms with Crippen molar-refractivity contribution >= 4 is 23.0 Å². The molecule has 1 unspecified atom stereocenters. The summed E-state index contributed by atoms with van der Waals surface area (Å²) in [5.74, 6) is -0.956. The zero-order valence-electron chi connectivity index (χ0n) is 11.9. The van der Waals surface area contributed by atoms with Gasteiger partial charge in [0.25, 0.3) is 5.91 Å². The van der Waals surface area contributed by atoms with Crippen molar-refractivity contribution in [2.24, 2.45) is 0 Å². The molecule has 3 rings (SSSR count). The molecule has 2 heterocycles. The van der Waals surface area contributed by atoms with Crippen molar-refractivity contribution in [1.29, 1.82) is 0 Å². The topological polar surface area (TPSA) is 90.7 Å². The first kappa shape index (κ1) is 14.5. The minimum Gasteiger partial charge on any atom is -0.452 e. The molecule has 0 bridgehead atoms. The number of esters is 1. The molecule has 1 saturated heterocycles. The van der Waals surface area contributed by atoms with Gasteiger partial charge in [0.15, 0.2) is 18.6 Å². The first-order valence-corrected chi connectivity index (χ1v) is 7.11. The fraction of sp³-hybridized carbons (Fsp3) is 0.400. The number of aromatic nitrogens is 1. The molecule has 116 valence electrons. The molecule has 1 aromatic heterocycles. The Labute approximate surface area is 126 Å². The Hall–Kier alpha value is -2.41. The number of hydrogen-bond acceptors (Lipinski definition) is 6. The second kappa shape index (κ2) is 6.57. The number of nitrogens with one attached hydrogen (secondary N) is 1. The molecule has 0 radical (unpaired) electrons. The maximum atomic E-state index is 12.0. The van der Waals surface area contributed by atoms with E-state index in [2.05, 4.69) is 10.3 Å². The molecule has 2 aromatic rings. The zero-order chi connectivity index (χ0) is 15.4. The van der Waals surface area contributed by atoms with E-state index in [9.17, 15) is 9.59 Å². The lowest BCUT2D eigenvalue weighted by molar-refractivity contribution is -0.124. The van der Waals surface area contributed by atoms with Gasteiger partial charge in [-0.15, -0.1) is 0 Å². The number of carbonyl (C=O) groups excluding carboxylic acids is 2. The van der Waals surface area contributed by atoms with Crippen LogP contribution in [0.4, 0.5) is 0 Å². The summed E-state index contributed by atoms with van der Waals surface area (Å²) in [6, 6.07) is 4.95. The Morgan fingerprint density at radius 3 is 3.14 bits per heavy atom. The second-order valence-electron chi connectivity index (χ2n) is 5.02. The van der Waals surface area contributed by atoms with Gasteiger partial charge in [0.1, 0.15) is 5.52 Å². The van der Waals surface area contributed by atoms with Crippen LogP contribution in [0.2, 0.25) is 0 Å². The lowest BCUT2D eigenvalue weighted by Gasteiger charge is -2.11. The van der Waals surface area contributed by atoms with E-state index >= 15 is 0 Å². The highest BCUT2D eigenvalue weighted by atomic mass is 16.5. The summed E-state index contributed by atoms with van der Waals surface area (Å²) in [5, 5.41) is 2.69. The summed E-state index contributed by atoms with van der Waals surface area (Å²) in [5.41, 5.74) is 1.20. The molecular formula is C15H16N2O5. The number of rotatable bonds is 5. The number of para-hydroxylation sites is 1. The lowest BCUT2D eigenvalue weighted by atomic mass is 10.2. The molecular weight excluding hydrogens is 288 g/mol. The number of fused-ring (bicyclic) bond motifs is 1. The smallest absolute Gasteiger partial charge is 0.340 e. The quantitative estimate of drug-likeness (QED) is 0.837. The molecule has 1 atom stereocenters. The van der Waals surface area contributed by atoms with Gasteiger partial charge in [-0.1, -0.05) is 6.07 Å². The van der Waals surface area contributed by atoms with Crippen LogP contribution in [0.15, 0.2) is 29.0 Å². The molecule has 1 aliphatic heterocycles. The number of hydrogen-bond donors (Lipinski definition) is 1. The predicted octanol–water partition coefficient (Wildman–Crippen LogP) is 1.28. The summed E-state index contributed by atoms with van der Waals surface area (Å²) in [6.07, 6.45) is 3.27. The van der Waals surface area contributed by atoms with Crippen LogP contribution < -0.4 is 5.32 Å².